The van der Waals surface area contributed by atoms with Crippen LogP contribution >= 0.6 is 0 Å². The van der Waals surface area contributed by atoms with Crippen molar-refractivity contribution in [2.75, 3.05) is 26.2 Å². The van der Waals surface area contributed by atoms with Crippen molar-refractivity contribution in [3.8, 4) is 5.75 Å². The van der Waals surface area contributed by atoms with Gasteiger partial charge in [0.25, 0.3) is 10.1 Å². The van der Waals surface area contributed by atoms with Crippen LogP contribution in [0.3, 0.4) is 0 Å². The highest BCUT2D eigenvalue weighted by Gasteiger charge is 2.14. The monoisotopic (exact) mass is 335 g/mol. The number of benzene rings is 2. The summed E-state index contributed by atoms with van der Waals surface area (Å²) in [5.41, 5.74) is 0. The SMILES string of the molecule is O=S(=O)(O)c1cccc2ccc(OCCCN3CCCC3)cc12. The Morgan fingerprint density at radius 3 is 2.65 bits per heavy atom. The fraction of sp³-hybridized carbons (Fsp3) is 0.412. The van der Waals surface area contributed by atoms with Gasteiger partial charge in [0.05, 0.1) is 6.61 Å². The first-order valence-electron chi connectivity index (χ1n) is 7.89. The highest BCUT2D eigenvalue weighted by molar-refractivity contribution is 7.86. The minimum absolute atomic E-state index is 0.0856. The maximum atomic E-state index is 11.5. The minimum Gasteiger partial charge on any atom is -0.494 e. The predicted octanol–water partition coefficient (Wildman–Crippen LogP) is 2.95. The molecule has 0 unspecified atom stereocenters. The van der Waals surface area contributed by atoms with E-state index in [4.69, 9.17) is 4.74 Å². The first-order chi connectivity index (χ1) is 11.0. The van der Waals surface area contributed by atoms with Crippen molar-refractivity contribution in [2.24, 2.45) is 0 Å². The van der Waals surface area contributed by atoms with Gasteiger partial charge in [0.2, 0.25) is 0 Å². The molecular weight excluding hydrogens is 314 g/mol. The van der Waals surface area contributed by atoms with E-state index in [1.54, 1.807) is 24.3 Å². The van der Waals surface area contributed by atoms with E-state index in [1.165, 1.54) is 32.0 Å². The summed E-state index contributed by atoms with van der Waals surface area (Å²) < 4.78 is 38.0. The van der Waals surface area contributed by atoms with Gasteiger partial charge in [-0.25, -0.2) is 0 Å². The molecule has 0 saturated carbocycles. The molecule has 2 aromatic rings. The van der Waals surface area contributed by atoms with Gasteiger partial charge < -0.3 is 9.64 Å². The summed E-state index contributed by atoms with van der Waals surface area (Å²) in [6.07, 6.45) is 3.51. The van der Waals surface area contributed by atoms with Crippen LogP contribution in [0.4, 0.5) is 0 Å². The molecule has 0 spiro atoms. The topological polar surface area (TPSA) is 66.8 Å². The number of rotatable bonds is 6. The van der Waals surface area contributed by atoms with Crippen molar-refractivity contribution in [3.05, 3.63) is 36.4 Å². The molecule has 1 fully saturated rings. The summed E-state index contributed by atoms with van der Waals surface area (Å²) >= 11 is 0. The second-order valence-electron chi connectivity index (χ2n) is 5.86. The molecule has 5 nitrogen and oxygen atoms in total. The van der Waals surface area contributed by atoms with Crippen molar-refractivity contribution in [1.29, 1.82) is 0 Å². The lowest BCUT2D eigenvalue weighted by Gasteiger charge is -2.14. The molecule has 124 valence electrons. The van der Waals surface area contributed by atoms with Gasteiger partial charge in [0.1, 0.15) is 10.6 Å². The standard InChI is InChI=1S/C17H21NO4S/c19-23(20,21)17-6-3-5-14-7-8-15(13-16(14)17)22-12-4-11-18-9-1-2-10-18/h3,5-8,13H,1-2,4,9-12H2,(H,19,20,21). The van der Waals surface area contributed by atoms with Crippen molar-refractivity contribution in [3.63, 3.8) is 0 Å². The Morgan fingerprint density at radius 2 is 1.91 bits per heavy atom. The number of hydrogen-bond donors (Lipinski definition) is 1. The summed E-state index contributed by atoms with van der Waals surface area (Å²) in [4.78, 5) is 2.35. The van der Waals surface area contributed by atoms with Gasteiger partial charge in [-0.15, -0.1) is 0 Å². The third kappa shape index (κ3) is 4.02. The third-order valence-corrected chi connectivity index (χ3v) is 5.09. The maximum Gasteiger partial charge on any atom is 0.295 e. The van der Waals surface area contributed by atoms with Crippen LogP contribution in [0.5, 0.6) is 5.75 Å². The predicted molar refractivity (Wildman–Crippen MR) is 89.5 cm³/mol. The Morgan fingerprint density at radius 1 is 1.13 bits per heavy atom. The fourth-order valence-corrected chi connectivity index (χ4v) is 3.73. The summed E-state index contributed by atoms with van der Waals surface area (Å²) in [7, 11) is -4.24. The molecule has 1 aliphatic rings. The molecule has 23 heavy (non-hydrogen) atoms. The highest BCUT2D eigenvalue weighted by atomic mass is 32.2. The summed E-state index contributed by atoms with van der Waals surface area (Å²) in [6.45, 7) is 3.97. The lowest BCUT2D eigenvalue weighted by molar-refractivity contribution is 0.263. The number of likely N-dealkylation sites (tertiary alicyclic amines) is 1. The molecule has 0 bridgehead atoms. The minimum atomic E-state index is -4.24. The van der Waals surface area contributed by atoms with E-state index in [9.17, 15) is 13.0 Å². The molecule has 6 heteroatoms. The van der Waals surface area contributed by atoms with Crippen LogP contribution in [0.25, 0.3) is 10.8 Å². The lowest BCUT2D eigenvalue weighted by Crippen LogP contribution is -2.21. The fourth-order valence-electron chi connectivity index (χ4n) is 3.02. The van der Waals surface area contributed by atoms with E-state index < -0.39 is 10.1 Å². The van der Waals surface area contributed by atoms with Crippen molar-refractivity contribution >= 4 is 20.9 Å². The average Bonchev–Trinajstić information content (AvgIpc) is 3.03. The molecule has 1 aliphatic heterocycles. The molecule has 1 saturated heterocycles. The molecule has 0 radical (unpaired) electrons. The smallest absolute Gasteiger partial charge is 0.295 e. The Hall–Kier alpha value is -1.63. The first kappa shape index (κ1) is 16.2. The van der Waals surface area contributed by atoms with Crippen LogP contribution < -0.4 is 4.74 Å². The van der Waals surface area contributed by atoms with Gasteiger partial charge in [0.15, 0.2) is 0 Å². The van der Waals surface area contributed by atoms with Gasteiger partial charge in [0, 0.05) is 11.9 Å². The van der Waals surface area contributed by atoms with E-state index in [1.807, 2.05) is 6.07 Å². The lowest BCUT2D eigenvalue weighted by atomic mass is 10.1. The van der Waals surface area contributed by atoms with Crippen LogP contribution in [0, 0.1) is 0 Å². The second kappa shape index (κ2) is 6.86. The van der Waals surface area contributed by atoms with Crippen LogP contribution in [-0.4, -0.2) is 44.1 Å². The number of fused-ring (bicyclic) bond motifs is 1. The molecular formula is C17H21NO4S. The molecule has 2 aromatic carbocycles. The third-order valence-electron chi connectivity index (χ3n) is 4.18. The van der Waals surface area contributed by atoms with Crippen molar-refractivity contribution in [1.82, 2.24) is 4.90 Å². The summed E-state index contributed by atoms with van der Waals surface area (Å²) in [6, 6.07) is 10.1. The van der Waals surface area contributed by atoms with E-state index in [0.29, 0.717) is 17.7 Å². The van der Waals surface area contributed by atoms with Gasteiger partial charge in [-0.1, -0.05) is 18.2 Å². The first-order valence-corrected chi connectivity index (χ1v) is 9.33. The van der Waals surface area contributed by atoms with Crippen molar-refractivity contribution < 1.29 is 17.7 Å². The molecule has 0 aliphatic carbocycles. The average molecular weight is 335 g/mol. The van der Waals surface area contributed by atoms with Gasteiger partial charge >= 0.3 is 0 Å². The maximum absolute atomic E-state index is 11.5. The molecule has 1 N–H and O–H groups in total. The highest BCUT2D eigenvalue weighted by Crippen LogP contribution is 2.27. The Labute approximate surface area is 136 Å². The zero-order chi connectivity index (χ0) is 16.3. The van der Waals surface area contributed by atoms with E-state index in [2.05, 4.69) is 4.90 Å². The second-order valence-corrected chi connectivity index (χ2v) is 7.25. The zero-order valence-electron chi connectivity index (χ0n) is 12.9. The Balaban J connectivity index is 1.69. The molecule has 0 aromatic heterocycles. The van der Waals surface area contributed by atoms with Gasteiger partial charge in [-0.3, -0.25) is 4.55 Å². The normalized spacial score (nSPS) is 16.0. The van der Waals surface area contributed by atoms with Crippen LogP contribution in [0.15, 0.2) is 41.3 Å². The Bertz CT molecular complexity index is 782. The quantitative estimate of drug-likeness (QED) is 0.649. The number of nitrogens with zero attached hydrogens (tertiary/aromatic N) is 1. The number of ether oxygens (including phenoxy) is 1. The number of hydrogen-bond acceptors (Lipinski definition) is 4. The van der Waals surface area contributed by atoms with Crippen LogP contribution in [0.2, 0.25) is 0 Å². The zero-order valence-corrected chi connectivity index (χ0v) is 13.8. The van der Waals surface area contributed by atoms with E-state index >= 15 is 0 Å². The van der Waals surface area contributed by atoms with E-state index in [0.717, 1.165) is 18.4 Å². The van der Waals surface area contributed by atoms with Crippen LogP contribution in [0.1, 0.15) is 19.3 Å². The van der Waals surface area contributed by atoms with Gasteiger partial charge in [-0.2, -0.15) is 8.42 Å². The van der Waals surface area contributed by atoms with E-state index in [-0.39, 0.29) is 4.90 Å². The van der Waals surface area contributed by atoms with Crippen LogP contribution in [-0.2, 0) is 10.1 Å². The molecule has 0 atom stereocenters. The summed E-state index contributed by atoms with van der Waals surface area (Å²) in [5, 5.41) is 1.23. The largest absolute Gasteiger partial charge is 0.494 e. The summed E-state index contributed by atoms with van der Waals surface area (Å²) in [5.74, 6) is 0.620. The van der Waals surface area contributed by atoms with Gasteiger partial charge in [-0.05, 0) is 55.9 Å². The molecule has 0 amide bonds. The molecule has 3 rings (SSSR count). The Kier molecular flexibility index (Phi) is 4.84. The molecule has 1 heterocycles. The van der Waals surface area contributed by atoms with Crippen molar-refractivity contribution in [2.45, 2.75) is 24.2 Å².